The second-order valence-electron chi connectivity index (χ2n) is 30.2. The van der Waals surface area contributed by atoms with Crippen molar-refractivity contribution in [2.45, 2.75) is 44.9 Å². The molecule has 0 unspecified atom stereocenters. The first-order valence-corrected chi connectivity index (χ1v) is 38.3. The van der Waals surface area contributed by atoms with Gasteiger partial charge in [0.25, 0.3) is 0 Å². The van der Waals surface area contributed by atoms with E-state index in [0.717, 1.165) is 161 Å². The van der Waals surface area contributed by atoms with Gasteiger partial charge in [0.2, 0.25) is 5.95 Å². The lowest BCUT2D eigenvalue weighted by Crippen LogP contribution is -2.14. The van der Waals surface area contributed by atoms with Crippen molar-refractivity contribution < 1.29 is 8.83 Å². The molecule has 12 aromatic carbocycles. The van der Waals surface area contributed by atoms with Crippen LogP contribution in [0.1, 0.15) is 61.2 Å². The topological polar surface area (TPSA) is 134 Å². The van der Waals surface area contributed by atoms with Crippen LogP contribution in [0.3, 0.4) is 0 Å². The van der Waals surface area contributed by atoms with Crippen LogP contribution in [0.4, 0.5) is 0 Å². The Hall–Kier alpha value is -13.7. The molecule has 3 aliphatic rings. The second kappa shape index (κ2) is 24.7. The van der Waals surface area contributed by atoms with E-state index in [1.165, 1.54) is 66.9 Å². The van der Waals surface area contributed by atoms with E-state index in [4.69, 9.17) is 43.7 Å². The van der Waals surface area contributed by atoms with Gasteiger partial charge in [0, 0.05) is 111 Å². The van der Waals surface area contributed by atoms with Crippen molar-refractivity contribution in [2.75, 3.05) is 0 Å². The fraction of sp³-hybridized carbons (Fsp3) is 0.0707. The molecule has 0 atom stereocenters. The van der Waals surface area contributed by atoms with Crippen LogP contribution in [-0.4, -0.2) is 44.4 Å². The third-order valence-corrected chi connectivity index (χ3v) is 23.6. The number of hydrogen-bond acceptors (Lipinski definition) is 10. The van der Waals surface area contributed by atoms with Gasteiger partial charge in [-0.3, -0.25) is 9.55 Å². The zero-order valence-corrected chi connectivity index (χ0v) is 62.4. The van der Waals surface area contributed by atoms with Gasteiger partial charge in [-0.25, -0.2) is 34.9 Å². The van der Waals surface area contributed by atoms with Gasteiger partial charge in [-0.2, -0.15) is 0 Å². The van der Waals surface area contributed by atoms with Gasteiger partial charge in [0.15, 0.2) is 4.73 Å². The van der Waals surface area contributed by atoms with Crippen molar-refractivity contribution in [1.29, 1.82) is 0 Å². The fourth-order valence-electron chi connectivity index (χ4n) is 17.8. The molecule has 0 saturated carbocycles. The number of para-hydroxylation sites is 3. The molecule has 111 heavy (non-hydrogen) atoms. The van der Waals surface area contributed by atoms with Gasteiger partial charge < -0.3 is 8.83 Å². The van der Waals surface area contributed by atoms with Crippen LogP contribution in [0, 0.1) is 0 Å². The first-order valence-electron chi connectivity index (χ1n) is 37.5. The summed E-state index contributed by atoms with van der Waals surface area (Å²) in [6.45, 7) is 9.25. The van der Waals surface area contributed by atoms with Crippen molar-refractivity contribution in [3.8, 4) is 84.4 Å². The minimum atomic E-state index is -0.111. The number of pyridine rings is 4. The summed E-state index contributed by atoms with van der Waals surface area (Å²) < 4.78 is 14.9. The molecule has 0 bridgehead atoms. The molecule has 0 saturated heterocycles. The summed E-state index contributed by atoms with van der Waals surface area (Å²) in [5.74, 6) is 0.543. The van der Waals surface area contributed by atoms with Crippen LogP contribution >= 0.6 is 15.9 Å². The van der Waals surface area contributed by atoms with Crippen molar-refractivity contribution >= 4 is 125 Å². The highest BCUT2D eigenvalue weighted by atomic mass is 79.9. The van der Waals surface area contributed by atoms with E-state index in [-0.39, 0.29) is 10.8 Å². The molecule has 0 spiro atoms. The number of furan rings is 2. The summed E-state index contributed by atoms with van der Waals surface area (Å²) in [5, 5.41) is 10.4. The van der Waals surface area contributed by atoms with Gasteiger partial charge >= 0.3 is 0 Å². The number of fused-ring (bicyclic) bond motifs is 24. The zero-order chi connectivity index (χ0) is 74.0. The predicted octanol–water partition coefficient (Wildman–Crippen LogP) is 25.3. The second-order valence-corrected chi connectivity index (χ2v) is 30.9. The van der Waals surface area contributed by atoms with E-state index in [1.54, 1.807) is 0 Å². The summed E-state index contributed by atoms with van der Waals surface area (Å²) in [5.41, 5.74) is 31.9. The molecular formula is C99H64BrN9O2. The number of halogens is 1. The molecule has 0 N–H and O–H groups in total. The van der Waals surface area contributed by atoms with Gasteiger partial charge in [0.1, 0.15) is 39.0 Å². The largest absolute Gasteiger partial charge is 0.456 e. The third-order valence-electron chi connectivity index (χ3n) is 23.3. The molecule has 0 amide bonds. The quantitative estimate of drug-likeness (QED) is 0.121. The van der Waals surface area contributed by atoms with Gasteiger partial charge in [-0.05, 0) is 181 Å². The summed E-state index contributed by atoms with van der Waals surface area (Å²) >= 11 is 3.60. The number of benzene rings is 12. The lowest BCUT2D eigenvalue weighted by Gasteiger charge is -2.22. The van der Waals surface area contributed by atoms with E-state index in [2.05, 4.69) is 284 Å². The monoisotopic (exact) mass is 1490 g/mol. The first-order chi connectivity index (χ1) is 54.4. The van der Waals surface area contributed by atoms with Crippen LogP contribution in [0.2, 0.25) is 0 Å². The fourth-order valence-corrected chi connectivity index (χ4v) is 18.1. The number of rotatable bonds is 5. The number of hydrogen-bond donors (Lipinski definition) is 0. The lowest BCUT2D eigenvalue weighted by molar-refractivity contribution is 0.660. The Labute approximate surface area is 645 Å². The van der Waals surface area contributed by atoms with Crippen LogP contribution in [0.25, 0.3) is 194 Å². The summed E-state index contributed by atoms with van der Waals surface area (Å²) in [7, 11) is 0. The average Bonchev–Trinajstić information content (AvgIpc) is 1.71. The van der Waals surface area contributed by atoms with E-state index in [9.17, 15) is 0 Å². The van der Waals surface area contributed by atoms with Gasteiger partial charge in [0.05, 0.1) is 45.0 Å². The van der Waals surface area contributed by atoms with Gasteiger partial charge in [-0.15, -0.1) is 0 Å². The molecule has 12 heteroatoms. The maximum absolute atomic E-state index is 6.23. The Morgan fingerprint density at radius 3 is 1.41 bits per heavy atom. The van der Waals surface area contributed by atoms with Crippen molar-refractivity contribution in [2.24, 2.45) is 0 Å². The third kappa shape index (κ3) is 10.2. The molecule has 524 valence electrons. The van der Waals surface area contributed by atoms with Crippen molar-refractivity contribution in [3.05, 3.63) is 342 Å². The number of nitrogens with zero attached hydrogens (tertiary/aromatic N) is 9. The maximum Gasteiger partial charge on any atom is 0.237 e. The smallest absolute Gasteiger partial charge is 0.237 e. The molecule has 0 fully saturated rings. The van der Waals surface area contributed by atoms with Crippen molar-refractivity contribution in [1.82, 2.24) is 44.4 Å². The lowest BCUT2D eigenvalue weighted by atomic mass is 9.82. The highest BCUT2D eigenvalue weighted by molar-refractivity contribution is 9.10. The Morgan fingerprint density at radius 2 is 0.793 bits per heavy atom. The predicted molar refractivity (Wildman–Crippen MR) is 453 cm³/mol. The zero-order valence-electron chi connectivity index (χ0n) is 60.8. The van der Waals surface area contributed by atoms with E-state index >= 15 is 0 Å². The Bertz CT molecular complexity index is 7460. The van der Waals surface area contributed by atoms with Crippen LogP contribution in [0.15, 0.2) is 317 Å². The highest BCUT2D eigenvalue weighted by Crippen LogP contribution is 2.52. The summed E-state index contributed by atoms with van der Waals surface area (Å²) in [6, 6.07) is 102. The van der Waals surface area contributed by atoms with E-state index in [1.807, 2.05) is 73.1 Å². The SMILES string of the molecule is CC1(C)c2ccccc2-c2ccc(-c3ccc4ccc5c(-c6ccc7oc8ccccc8c7c6)nc(-n6c7ccccc7c7cccnc76)nc5c4n3)cc21.CC1(C)c2ccccc2-c2ccc(-c3ccc4ccc5c(-c6ccc7oc8ccccc8c7c6)nc(Br)nc5c4n3)cc21.c1ccc2c(c1)Cc1ncccc1-2. The van der Waals surface area contributed by atoms with Crippen LogP contribution in [-0.2, 0) is 17.3 Å². The Kier molecular flexibility index (Phi) is 14.3. The molecule has 0 radical (unpaired) electrons. The van der Waals surface area contributed by atoms with Crippen LogP contribution < -0.4 is 0 Å². The molecule has 3 aliphatic carbocycles. The Morgan fingerprint density at radius 1 is 0.324 bits per heavy atom. The highest BCUT2D eigenvalue weighted by Gasteiger charge is 2.37. The summed E-state index contributed by atoms with van der Waals surface area (Å²) in [4.78, 5) is 40.4. The Balaban J connectivity index is 0.000000119. The molecule has 9 heterocycles. The minimum Gasteiger partial charge on any atom is -0.456 e. The molecule has 11 nitrogen and oxygen atoms in total. The average molecular weight is 1490 g/mol. The van der Waals surface area contributed by atoms with E-state index in [0.29, 0.717) is 10.7 Å². The first kappa shape index (κ1) is 64.5. The molecule has 0 aliphatic heterocycles. The molecular weight excluding hydrogens is 1430 g/mol. The molecule has 9 aromatic heterocycles. The van der Waals surface area contributed by atoms with Crippen LogP contribution in [0.5, 0.6) is 0 Å². The molecule has 24 rings (SSSR count). The standard InChI is InChI=1S/C49H31N5O.C38H24BrN3O.C12H9N/c1-49(2)38-14-6-3-10-31(38)32-21-18-29(27-39(32)49)40-23-19-28-17-22-36-44(30-20-24-43-37(26-30)34-12-5-8-16-42(34)55-43)52-48(53-46(36)45(28)51-40)54-41-15-7-4-11-33(41)35-13-9-25-50-47(35)54;1-38(2)29-9-5-3-7-24(29)25-15-12-22(20-30(25)38)31-17-13-21-11-16-27-34(41-37(39)42-36(27)35(21)40-31)23-14-18-33-28(19-23)26-8-4-6-10-32(26)43-33;1-2-5-10-9(4-1)8-12-11(10)6-3-7-13-12/h3-27H,1-2H3;3-20H,1-2H3;1-7H,8H2. The molecule has 21 aromatic rings. The summed E-state index contributed by atoms with van der Waals surface area (Å²) in [6.07, 6.45) is 4.69. The normalized spacial score (nSPS) is 13.4. The maximum atomic E-state index is 6.23. The van der Waals surface area contributed by atoms with Gasteiger partial charge in [-0.1, -0.05) is 210 Å². The minimum absolute atomic E-state index is 0.0696. The van der Waals surface area contributed by atoms with Crippen molar-refractivity contribution in [3.63, 3.8) is 0 Å². The number of aromatic nitrogens is 9. The van der Waals surface area contributed by atoms with E-state index < -0.39 is 0 Å².